The van der Waals surface area contributed by atoms with Crippen molar-refractivity contribution in [3.63, 3.8) is 0 Å². The number of ether oxygens (including phenoxy) is 1. The van der Waals surface area contributed by atoms with Gasteiger partial charge in [-0.2, -0.15) is 0 Å². The molecule has 0 spiro atoms. The highest BCUT2D eigenvalue weighted by Gasteiger charge is 2.41. The number of halogens is 1. The van der Waals surface area contributed by atoms with Crippen LogP contribution in [0.2, 0.25) is 5.02 Å². The number of aromatic nitrogens is 3. The maximum absolute atomic E-state index is 6.38. The van der Waals surface area contributed by atoms with Gasteiger partial charge in [-0.15, -0.1) is 0 Å². The van der Waals surface area contributed by atoms with Crippen LogP contribution in [0.3, 0.4) is 0 Å². The van der Waals surface area contributed by atoms with Gasteiger partial charge in [-0.3, -0.25) is 9.97 Å². The number of nitrogens with one attached hydrogen (secondary N) is 1. The van der Waals surface area contributed by atoms with Gasteiger partial charge < -0.3 is 19.5 Å². The Morgan fingerprint density at radius 1 is 1.03 bits per heavy atom. The summed E-state index contributed by atoms with van der Waals surface area (Å²) in [5, 5.41) is 4.86. The topological polar surface area (TPSA) is 55.2 Å². The molecule has 178 valence electrons. The molecule has 0 aliphatic carbocycles. The second-order valence-electron chi connectivity index (χ2n) is 8.55. The van der Waals surface area contributed by atoms with E-state index in [4.69, 9.17) is 28.6 Å². The van der Waals surface area contributed by atoms with Crippen LogP contribution in [0.5, 0.6) is 5.75 Å². The molecule has 1 aliphatic heterocycles. The molecule has 1 fully saturated rings. The number of benzene rings is 1. The van der Waals surface area contributed by atoms with Gasteiger partial charge in [0, 0.05) is 28.8 Å². The lowest BCUT2D eigenvalue weighted by Crippen LogP contribution is -2.29. The minimum absolute atomic E-state index is 0.0791. The molecule has 6 nitrogen and oxygen atoms in total. The van der Waals surface area contributed by atoms with Crippen LogP contribution < -0.4 is 10.1 Å². The van der Waals surface area contributed by atoms with Crippen molar-refractivity contribution in [3.05, 3.63) is 106 Å². The number of pyridine rings is 2. The molecule has 2 atom stereocenters. The van der Waals surface area contributed by atoms with Crippen molar-refractivity contribution in [2.45, 2.75) is 32.5 Å². The molecule has 1 aromatic carbocycles. The molecular formula is C27H26ClN5OS. The summed E-state index contributed by atoms with van der Waals surface area (Å²) in [4.78, 5) is 11.4. The first kappa shape index (κ1) is 23.3. The zero-order valence-electron chi connectivity index (χ0n) is 19.8. The molecule has 1 aliphatic rings. The lowest BCUT2D eigenvalue weighted by Gasteiger charge is -2.28. The molecule has 0 radical (unpaired) electrons. The van der Waals surface area contributed by atoms with E-state index in [-0.39, 0.29) is 12.1 Å². The summed E-state index contributed by atoms with van der Waals surface area (Å²) in [6.45, 7) is 4.81. The van der Waals surface area contributed by atoms with Crippen LogP contribution >= 0.6 is 23.8 Å². The third-order valence-electron chi connectivity index (χ3n) is 6.43. The van der Waals surface area contributed by atoms with Gasteiger partial charge in [0.05, 0.1) is 42.8 Å². The molecule has 0 saturated carbocycles. The summed E-state index contributed by atoms with van der Waals surface area (Å²) < 4.78 is 7.86. The second-order valence-corrected chi connectivity index (χ2v) is 9.38. The van der Waals surface area contributed by atoms with Gasteiger partial charge in [0.2, 0.25) is 0 Å². The Hall–Kier alpha value is -3.42. The van der Waals surface area contributed by atoms with Gasteiger partial charge in [-0.25, -0.2) is 0 Å². The maximum atomic E-state index is 6.38. The number of thiocarbonyl (C=S) groups is 1. The van der Waals surface area contributed by atoms with Crippen LogP contribution in [0.4, 0.5) is 0 Å². The molecule has 35 heavy (non-hydrogen) atoms. The van der Waals surface area contributed by atoms with Gasteiger partial charge in [0.1, 0.15) is 5.75 Å². The summed E-state index contributed by atoms with van der Waals surface area (Å²) in [5.74, 6) is 0.759. The molecule has 0 unspecified atom stereocenters. The van der Waals surface area contributed by atoms with Crippen LogP contribution in [0.15, 0.2) is 73.1 Å². The first-order chi connectivity index (χ1) is 17.0. The van der Waals surface area contributed by atoms with E-state index in [0.717, 1.165) is 39.8 Å². The summed E-state index contributed by atoms with van der Waals surface area (Å²) in [5.41, 5.74) is 6.12. The lowest BCUT2D eigenvalue weighted by molar-refractivity contribution is 0.307. The van der Waals surface area contributed by atoms with Gasteiger partial charge >= 0.3 is 0 Å². The van der Waals surface area contributed by atoms with Gasteiger partial charge in [0.25, 0.3) is 0 Å². The quantitative estimate of drug-likeness (QED) is 0.340. The zero-order chi connectivity index (χ0) is 24.5. The molecule has 5 rings (SSSR count). The number of nitrogens with zero attached hydrogens (tertiary/aromatic N) is 4. The van der Waals surface area contributed by atoms with Gasteiger partial charge in [-0.1, -0.05) is 23.7 Å². The molecule has 4 heterocycles. The van der Waals surface area contributed by atoms with Crippen molar-refractivity contribution in [2.75, 3.05) is 7.11 Å². The van der Waals surface area contributed by atoms with Crippen LogP contribution in [0.25, 0.3) is 5.69 Å². The van der Waals surface area contributed by atoms with Crippen LogP contribution in [0, 0.1) is 13.8 Å². The van der Waals surface area contributed by atoms with Gasteiger partial charge in [-0.05, 0) is 80.2 Å². The third kappa shape index (κ3) is 4.37. The lowest BCUT2D eigenvalue weighted by atomic mass is 9.96. The first-order valence-electron chi connectivity index (χ1n) is 11.4. The zero-order valence-corrected chi connectivity index (χ0v) is 21.3. The van der Waals surface area contributed by atoms with E-state index in [0.29, 0.717) is 16.7 Å². The van der Waals surface area contributed by atoms with E-state index in [1.807, 2.05) is 67.0 Å². The van der Waals surface area contributed by atoms with Crippen molar-refractivity contribution < 1.29 is 4.74 Å². The Kier molecular flexibility index (Phi) is 6.45. The summed E-state index contributed by atoms with van der Waals surface area (Å²) >= 11 is 12.2. The monoisotopic (exact) mass is 503 g/mol. The molecular weight excluding hydrogens is 478 g/mol. The van der Waals surface area contributed by atoms with Gasteiger partial charge in [0.15, 0.2) is 5.11 Å². The number of rotatable bonds is 6. The van der Waals surface area contributed by atoms with Crippen molar-refractivity contribution in [3.8, 4) is 11.4 Å². The number of hydrogen-bond acceptors (Lipinski definition) is 4. The Labute approximate surface area is 215 Å². The fourth-order valence-electron chi connectivity index (χ4n) is 4.88. The van der Waals surface area contributed by atoms with E-state index in [1.165, 1.54) is 0 Å². The molecule has 1 N–H and O–H groups in total. The number of aryl methyl sites for hydroxylation is 1. The molecule has 1 saturated heterocycles. The highest BCUT2D eigenvalue weighted by Crippen LogP contribution is 2.42. The Morgan fingerprint density at radius 3 is 2.49 bits per heavy atom. The van der Waals surface area contributed by atoms with Crippen LogP contribution in [-0.4, -0.2) is 31.7 Å². The highest BCUT2D eigenvalue weighted by atomic mass is 35.5. The largest absolute Gasteiger partial charge is 0.495 e. The van der Waals surface area contributed by atoms with Crippen molar-refractivity contribution >= 4 is 28.9 Å². The van der Waals surface area contributed by atoms with Crippen molar-refractivity contribution in [1.82, 2.24) is 24.8 Å². The van der Waals surface area contributed by atoms with Crippen molar-refractivity contribution in [2.24, 2.45) is 0 Å². The summed E-state index contributed by atoms with van der Waals surface area (Å²) in [7, 11) is 1.67. The highest BCUT2D eigenvalue weighted by molar-refractivity contribution is 7.80. The molecule has 8 heteroatoms. The van der Waals surface area contributed by atoms with E-state index in [2.05, 4.69) is 44.7 Å². The molecule has 0 bridgehead atoms. The fraction of sp³-hybridized carbons (Fsp3) is 0.222. The van der Waals surface area contributed by atoms with Crippen LogP contribution in [-0.2, 0) is 6.54 Å². The predicted octanol–water partition coefficient (Wildman–Crippen LogP) is 5.72. The van der Waals surface area contributed by atoms with E-state index >= 15 is 0 Å². The van der Waals surface area contributed by atoms with E-state index < -0.39 is 0 Å². The Bertz CT molecular complexity index is 1360. The Balaban J connectivity index is 1.65. The molecule has 0 amide bonds. The van der Waals surface area contributed by atoms with E-state index in [9.17, 15) is 0 Å². The smallest absolute Gasteiger partial charge is 0.170 e. The molecule has 3 aromatic heterocycles. The summed E-state index contributed by atoms with van der Waals surface area (Å²) in [6.07, 6.45) is 3.63. The minimum atomic E-state index is -0.109. The average molecular weight is 504 g/mol. The second kappa shape index (κ2) is 9.68. The van der Waals surface area contributed by atoms with E-state index in [1.54, 1.807) is 7.11 Å². The minimum Gasteiger partial charge on any atom is -0.495 e. The summed E-state index contributed by atoms with van der Waals surface area (Å²) in [6, 6.07) is 19.6. The SMILES string of the molecule is COc1ccc(Cl)cc1-n1c(C)cc([C@@H]2[C@@H](c3ccccn3)NC(=S)N2Cc2ccccn2)c1C. The van der Waals surface area contributed by atoms with Crippen LogP contribution in [0.1, 0.15) is 40.4 Å². The maximum Gasteiger partial charge on any atom is 0.170 e. The standard InChI is InChI=1S/C27H26ClN5OS/c1-17-14-21(18(2)33(17)23-15-19(28)10-11-24(23)34-3)26-25(22-9-5-7-13-30-22)31-27(35)32(26)16-20-8-4-6-12-29-20/h4-15,25-26H,16H2,1-3H3,(H,31,35)/t25-,26-/m1/s1. The van der Waals surface area contributed by atoms with Crippen molar-refractivity contribution in [1.29, 1.82) is 0 Å². The number of hydrogen-bond donors (Lipinski definition) is 1. The number of methoxy groups -OCH3 is 1. The predicted molar refractivity (Wildman–Crippen MR) is 142 cm³/mol. The fourth-order valence-corrected chi connectivity index (χ4v) is 5.35. The third-order valence-corrected chi connectivity index (χ3v) is 7.01. The average Bonchev–Trinajstić information content (AvgIpc) is 3.35. The normalized spacial score (nSPS) is 17.5. The molecule has 4 aromatic rings. The Morgan fingerprint density at radius 2 is 1.80 bits per heavy atom. The first-order valence-corrected chi connectivity index (χ1v) is 12.2.